The molecule has 27 heavy (non-hydrogen) atoms. The molecule has 7 nitrogen and oxygen atoms in total. The average Bonchev–Trinajstić information content (AvgIpc) is 2.63. The zero-order valence-electron chi connectivity index (χ0n) is 15.4. The SMILES string of the molecule is COc1cccc(C(=O)NCC(=O)NC(C(=O)O)c2cc(C)cc(C)c2)c1. The van der Waals surface area contributed by atoms with Crippen LogP contribution in [0.4, 0.5) is 0 Å². The highest BCUT2D eigenvalue weighted by molar-refractivity contribution is 5.97. The lowest BCUT2D eigenvalue weighted by Gasteiger charge is -2.16. The Morgan fingerprint density at radius 1 is 1.07 bits per heavy atom. The molecule has 2 aromatic rings. The topological polar surface area (TPSA) is 105 Å². The highest BCUT2D eigenvalue weighted by atomic mass is 16.5. The molecule has 142 valence electrons. The van der Waals surface area contributed by atoms with E-state index in [0.29, 0.717) is 16.9 Å². The summed E-state index contributed by atoms with van der Waals surface area (Å²) in [5, 5.41) is 14.4. The van der Waals surface area contributed by atoms with Crippen LogP contribution < -0.4 is 15.4 Å². The minimum atomic E-state index is -1.19. The van der Waals surface area contributed by atoms with Crippen LogP contribution in [-0.4, -0.2) is 36.5 Å². The molecule has 7 heteroatoms. The number of benzene rings is 2. The van der Waals surface area contributed by atoms with Gasteiger partial charge in [0, 0.05) is 5.56 Å². The lowest BCUT2D eigenvalue weighted by atomic mass is 10.0. The van der Waals surface area contributed by atoms with E-state index < -0.39 is 23.8 Å². The number of carboxylic acid groups (broad SMARTS) is 1. The van der Waals surface area contributed by atoms with Crippen molar-refractivity contribution in [1.82, 2.24) is 10.6 Å². The third-order valence-electron chi connectivity index (χ3n) is 3.87. The van der Waals surface area contributed by atoms with E-state index in [1.54, 1.807) is 36.4 Å². The Hall–Kier alpha value is -3.35. The zero-order chi connectivity index (χ0) is 20.0. The van der Waals surface area contributed by atoms with Gasteiger partial charge in [0.05, 0.1) is 13.7 Å². The maximum absolute atomic E-state index is 12.1. The molecule has 0 aromatic heterocycles. The second-order valence-corrected chi connectivity index (χ2v) is 6.17. The first-order valence-corrected chi connectivity index (χ1v) is 8.32. The Morgan fingerprint density at radius 2 is 1.74 bits per heavy atom. The number of aliphatic carboxylic acids is 1. The third-order valence-corrected chi connectivity index (χ3v) is 3.87. The van der Waals surface area contributed by atoms with Gasteiger partial charge in [-0.25, -0.2) is 4.79 Å². The summed E-state index contributed by atoms with van der Waals surface area (Å²) in [6.45, 7) is 3.36. The van der Waals surface area contributed by atoms with Gasteiger partial charge in [-0.1, -0.05) is 35.4 Å². The van der Waals surface area contributed by atoms with Crippen molar-refractivity contribution >= 4 is 17.8 Å². The molecule has 0 saturated carbocycles. The van der Waals surface area contributed by atoms with Crippen LogP contribution in [0.3, 0.4) is 0 Å². The van der Waals surface area contributed by atoms with Gasteiger partial charge in [-0.3, -0.25) is 9.59 Å². The Morgan fingerprint density at radius 3 is 2.33 bits per heavy atom. The standard InChI is InChI=1S/C20H22N2O5/c1-12-7-13(2)9-15(8-12)18(20(25)26)22-17(23)11-21-19(24)14-5-4-6-16(10-14)27-3/h4-10,18H,11H2,1-3H3,(H,21,24)(H,22,23)(H,25,26). The van der Waals surface area contributed by atoms with Crippen LogP contribution in [0.15, 0.2) is 42.5 Å². The second-order valence-electron chi connectivity index (χ2n) is 6.17. The largest absolute Gasteiger partial charge is 0.497 e. The smallest absolute Gasteiger partial charge is 0.330 e. The molecule has 0 spiro atoms. The third kappa shape index (κ3) is 5.57. The first kappa shape index (κ1) is 20.0. The van der Waals surface area contributed by atoms with Crippen LogP contribution in [0.1, 0.15) is 33.1 Å². The van der Waals surface area contributed by atoms with E-state index in [2.05, 4.69) is 10.6 Å². The van der Waals surface area contributed by atoms with E-state index in [9.17, 15) is 19.5 Å². The molecule has 1 atom stereocenters. The van der Waals surface area contributed by atoms with Gasteiger partial charge in [0.2, 0.25) is 5.91 Å². The van der Waals surface area contributed by atoms with Crippen LogP contribution in [0.25, 0.3) is 0 Å². The molecule has 0 fully saturated rings. The van der Waals surface area contributed by atoms with E-state index in [0.717, 1.165) is 11.1 Å². The van der Waals surface area contributed by atoms with E-state index in [1.807, 2.05) is 19.9 Å². The Bertz CT molecular complexity index is 843. The molecular formula is C20H22N2O5. The number of ether oxygens (including phenoxy) is 1. The lowest BCUT2D eigenvalue weighted by Crippen LogP contribution is -2.41. The summed E-state index contributed by atoms with van der Waals surface area (Å²) in [7, 11) is 1.49. The fourth-order valence-electron chi connectivity index (χ4n) is 2.70. The van der Waals surface area contributed by atoms with Crippen molar-refractivity contribution in [2.24, 2.45) is 0 Å². The number of carbonyl (C=O) groups is 3. The number of methoxy groups -OCH3 is 1. The van der Waals surface area contributed by atoms with Crippen LogP contribution in [0.5, 0.6) is 5.75 Å². The van der Waals surface area contributed by atoms with E-state index in [4.69, 9.17) is 4.74 Å². The fourth-order valence-corrected chi connectivity index (χ4v) is 2.70. The van der Waals surface area contributed by atoms with Crippen molar-refractivity contribution in [2.75, 3.05) is 13.7 Å². The highest BCUT2D eigenvalue weighted by Gasteiger charge is 2.22. The van der Waals surface area contributed by atoms with Crippen molar-refractivity contribution in [1.29, 1.82) is 0 Å². The summed E-state index contributed by atoms with van der Waals surface area (Å²) in [5.41, 5.74) is 2.62. The fraction of sp³-hybridized carbons (Fsp3) is 0.250. The quantitative estimate of drug-likeness (QED) is 0.691. The van der Waals surface area contributed by atoms with Crippen LogP contribution >= 0.6 is 0 Å². The van der Waals surface area contributed by atoms with Gasteiger partial charge in [0.25, 0.3) is 5.91 Å². The molecular weight excluding hydrogens is 348 g/mol. The summed E-state index contributed by atoms with van der Waals surface area (Å²) in [6, 6.07) is 10.6. The van der Waals surface area contributed by atoms with Crippen LogP contribution in [0.2, 0.25) is 0 Å². The molecule has 0 bridgehead atoms. The number of hydrogen-bond acceptors (Lipinski definition) is 4. The number of nitrogens with one attached hydrogen (secondary N) is 2. The normalized spacial score (nSPS) is 11.4. The Balaban J connectivity index is 2.01. The number of hydrogen-bond donors (Lipinski definition) is 3. The van der Waals surface area contributed by atoms with E-state index in [1.165, 1.54) is 7.11 Å². The molecule has 0 aliphatic carbocycles. The minimum Gasteiger partial charge on any atom is -0.497 e. The van der Waals surface area contributed by atoms with Crippen LogP contribution in [-0.2, 0) is 9.59 Å². The maximum Gasteiger partial charge on any atom is 0.330 e. The van der Waals surface area contributed by atoms with Crippen molar-refractivity contribution < 1.29 is 24.2 Å². The van der Waals surface area contributed by atoms with Gasteiger partial charge in [-0.2, -0.15) is 0 Å². The number of rotatable bonds is 7. The van der Waals surface area contributed by atoms with Gasteiger partial charge in [0.15, 0.2) is 6.04 Å². The number of carboxylic acids is 1. The van der Waals surface area contributed by atoms with Crippen molar-refractivity contribution in [2.45, 2.75) is 19.9 Å². The van der Waals surface area contributed by atoms with Crippen molar-refractivity contribution in [3.8, 4) is 5.75 Å². The summed E-state index contributed by atoms with van der Waals surface area (Å²) >= 11 is 0. The van der Waals surface area contributed by atoms with E-state index in [-0.39, 0.29) is 6.54 Å². The molecule has 0 aliphatic heterocycles. The number of aryl methyl sites for hydroxylation is 2. The van der Waals surface area contributed by atoms with Gasteiger partial charge in [-0.05, 0) is 37.6 Å². The first-order valence-electron chi connectivity index (χ1n) is 8.32. The summed E-state index contributed by atoms with van der Waals surface area (Å²) in [5.74, 6) is -1.71. The summed E-state index contributed by atoms with van der Waals surface area (Å²) < 4.78 is 5.05. The Labute approximate surface area is 157 Å². The molecule has 3 N–H and O–H groups in total. The van der Waals surface area contributed by atoms with Crippen LogP contribution in [0, 0.1) is 13.8 Å². The molecule has 0 radical (unpaired) electrons. The maximum atomic E-state index is 12.1. The predicted octanol–water partition coefficient (Wildman–Crippen LogP) is 1.98. The van der Waals surface area contributed by atoms with Gasteiger partial charge < -0.3 is 20.5 Å². The van der Waals surface area contributed by atoms with Crippen molar-refractivity contribution in [3.05, 3.63) is 64.7 Å². The Kier molecular flexibility index (Phi) is 6.54. The molecule has 1 unspecified atom stereocenters. The van der Waals surface area contributed by atoms with Gasteiger partial charge >= 0.3 is 5.97 Å². The molecule has 2 aromatic carbocycles. The zero-order valence-corrected chi connectivity index (χ0v) is 15.4. The van der Waals surface area contributed by atoms with Crippen molar-refractivity contribution in [3.63, 3.8) is 0 Å². The lowest BCUT2D eigenvalue weighted by molar-refractivity contribution is -0.141. The average molecular weight is 370 g/mol. The molecule has 0 aliphatic rings. The monoisotopic (exact) mass is 370 g/mol. The van der Waals surface area contributed by atoms with Gasteiger partial charge in [-0.15, -0.1) is 0 Å². The van der Waals surface area contributed by atoms with E-state index >= 15 is 0 Å². The number of carbonyl (C=O) groups excluding carboxylic acids is 2. The van der Waals surface area contributed by atoms with Gasteiger partial charge in [0.1, 0.15) is 5.75 Å². The predicted molar refractivity (Wildman–Crippen MR) is 99.8 cm³/mol. The summed E-state index contributed by atoms with van der Waals surface area (Å²) in [6.07, 6.45) is 0. The second kappa shape index (κ2) is 8.84. The molecule has 0 saturated heterocycles. The molecule has 0 heterocycles. The molecule has 2 rings (SSSR count). The summed E-state index contributed by atoms with van der Waals surface area (Å²) in [4.78, 5) is 35.9. The number of amides is 2. The minimum absolute atomic E-state index is 0.339. The highest BCUT2D eigenvalue weighted by Crippen LogP contribution is 2.17. The first-order chi connectivity index (χ1) is 12.8. The molecule has 2 amide bonds.